The standard InChI is InChI=1S/C18H21N3O/c1-13-5-3-4-6-16(13)18-17(19-9-10-20-18)15-7-11-21(12-8-15)14(2)22/h3-6,9-10,15H,7-8,11-12H2,1-2H3. The van der Waals surface area contributed by atoms with Crippen LogP contribution in [-0.4, -0.2) is 33.9 Å². The quantitative estimate of drug-likeness (QED) is 0.855. The van der Waals surface area contributed by atoms with E-state index in [1.165, 1.54) is 5.56 Å². The molecule has 0 spiro atoms. The van der Waals surface area contributed by atoms with Crippen molar-refractivity contribution < 1.29 is 4.79 Å². The second kappa shape index (κ2) is 6.26. The Bertz CT molecular complexity index is 676. The Hall–Kier alpha value is -2.23. The number of piperidine rings is 1. The number of hydrogen-bond donors (Lipinski definition) is 0. The summed E-state index contributed by atoms with van der Waals surface area (Å²) in [7, 11) is 0. The molecule has 2 aromatic rings. The van der Waals surface area contributed by atoms with E-state index >= 15 is 0 Å². The monoisotopic (exact) mass is 295 g/mol. The van der Waals surface area contributed by atoms with Gasteiger partial charge in [-0.3, -0.25) is 14.8 Å². The summed E-state index contributed by atoms with van der Waals surface area (Å²) in [6.07, 6.45) is 5.44. The molecule has 0 aliphatic carbocycles. The van der Waals surface area contributed by atoms with Gasteiger partial charge in [0.2, 0.25) is 5.91 Å². The molecule has 1 aromatic heterocycles. The summed E-state index contributed by atoms with van der Waals surface area (Å²) in [6.45, 7) is 5.36. The van der Waals surface area contributed by atoms with Crippen molar-refractivity contribution in [2.45, 2.75) is 32.6 Å². The average molecular weight is 295 g/mol. The summed E-state index contributed by atoms with van der Waals surface area (Å²) >= 11 is 0. The van der Waals surface area contributed by atoms with Crippen LogP contribution in [0.15, 0.2) is 36.7 Å². The molecule has 3 rings (SSSR count). The molecule has 4 nitrogen and oxygen atoms in total. The number of aryl methyl sites for hydroxylation is 1. The van der Waals surface area contributed by atoms with Gasteiger partial charge in [0.05, 0.1) is 11.4 Å². The topological polar surface area (TPSA) is 46.1 Å². The molecule has 1 fully saturated rings. The van der Waals surface area contributed by atoms with Gasteiger partial charge in [-0.1, -0.05) is 24.3 Å². The molecule has 0 bridgehead atoms. The minimum absolute atomic E-state index is 0.164. The van der Waals surface area contributed by atoms with E-state index in [9.17, 15) is 4.79 Å². The average Bonchev–Trinajstić information content (AvgIpc) is 2.55. The third-order valence-electron chi connectivity index (χ3n) is 4.45. The normalized spacial score (nSPS) is 15.8. The van der Waals surface area contributed by atoms with Crippen LogP contribution in [0.1, 0.15) is 36.9 Å². The SMILES string of the molecule is CC(=O)N1CCC(c2nccnc2-c2ccccc2C)CC1. The molecular formula is C18H21N3O. The summed E-state index contributed by atoms with van der Waals surface area (Å²) in [5.41, 5.74) is 4.42. The Kier molecular flexibility index (Phi) is 4.18. The third kappa shape index (κ3) is 2.86. The molecule has 1 aliphatic heterocycles. The molecule has 4 heteroatoms. The number of rotatable bonds is 2. The number of amides is 1. The lowest BCUT2D eigenvalue weighted by atomic mass is 9.89. The van der Waals surface area contributed by atoms with Crippen LogP contribution in [0.2, 0.25) is 0 Å². The molecule has 1 aliphatic rings. The molecule has 2 heterocycles. The van der Waals surface area contributed by atoms with Crippen molar-refractivity contribution in [2.24, 2.45) is 0 Å². The van der Waals surface area contributed by atoms with Crippen LogP contribution in [0.25, 0.3) is 11.3 Å². The molecule has 0 radical (unpaired) electrons. The fourth-order valence-electron chi connectivity index (χ4n) is 3.16. The van der Waals surface area contributed by atoms with Crippen molar-refractivity contribution >= 4 is 5.91 Å². The van der Waals surface area contributed by atoms with E-state index in [-0.39, 0.29) is 5.91 Å². The van der Waals surface area contributed by atoms with E-state index < -0.39 is 0 Å². The molecule has 114 valence electrons. The first kappa shape index (κ1) is 14.7. The highest BCUT2D eigenvalue weighted by atomic mass is 16.2. The van der Waals surface area contributed by atoms with Crippen molar-refractivity contribution in [1.82, 2.24) is 14.9 Å². The molecule has 22 heavy (non-hydrogen) atoms. The predicted octanol–water partition coefficient (Wildman–Crippen LogP) is 3.18. The summed E-state index contributed by atoms with van der Waals surface area (Å²) < 4.78 is 0. The zero-order chi connectivity index (χ0) is 15.5. The van der Waals surface area contributed by atoms with Gasteiger partial charge in [-0.15, -0.1) is 0 Å². The summed E-state index contributed by atoms with van der Waals surface area (Å²) in [4.78, 5) is 22.6. The zero-order valence-electron chi connectivity index (χ0n) is 13.1. The lowest BCUT2D eigenvalue weighted by Crippen LogP contribution is -2.36. The molecule has 0 saturated carbocycles. The fraction of sp³-hybridized carbons (Fsp3) is 0.389. The number of aromatic nitrogens is 2. The largest absolute Gasteiger partial charge is 0.343 e. The van der Waals surface area contributed by atoms with Crippen molar-refractivity contribution in [3.63, 3.8) is 0 Å². The molecule has 1 aromatic carbocycles. The van der Waals surface area contributed by atoms with Gasteiger partial charge in [0.25, 0.3) is 0 Å². The minimum Gasteiger partial charge on any atom is -0.343 e. The van der Waals surface area contributed by atoms with E-state index in [4.69, 9.17) is 0 Å². The highest BCUT2D eigenvalue weighted by Gasteiger charge is 2.25. The molecule has 1 amide bonds. The molecule has 0 N–H and O–H groups in total. The van der Waals surface area contributed by atoms with Gasteiger partial charge in [0.15, 0.2) is 0 Å². The van der Waals surface area contributed by atoms with Crippen LogP contribution in [0, 0.1) is 6.92 Å². The van der Waals surface area contributed by atoms with E-state index in [0.29, 0.717) is 5.92 Å². The number of hydrogen-bond acceptors (Lipinski definition) is 3. The number of benzene rings is 1. The maximum Gasteiger partial charge on any atom is 0.219 e. The smallest absolute Gasteiger partial charge is 0.219 e. The highest BCUT2D eigenvalue weighted by Crippen LogP contribution is 2.33. The zero-order valence-corrected chi connectivity index (χ0v) is 13.1. The number of nitrogens with zero attached hydrogens (tertiary/aromatic N) is 3. The second-order valence-corrected chi connectivity index (χ2v) is 5.89. The van der Waals surface area contributed by atoms with Gasteiger partial charge >= 0.3 is 0 Å². The lowest BCUT2D eigenvalue weighted by Gasteiger charge is -2.31. The maximum atomic E-state index is 11.5. The number of likely N-dealkylation sites (tertiary alicyclic amines) is 1. The van der Waals surface area contributed by atoms with Crippen LogP contribution in [-0.2, 0) is 4.79 Å². The van der Waals surface area contributed by atoms with Crippen LogP contribution < -0.4 is 0 Å². The van der Waals surface area contributed by atoms with E-state index in [1.807, 2.05) is 17.0 Å². The Morgan fingerprint density at radius 2 is 1.82 bits per heavy atom. The van der Waals surface area contributed by atoms with Gasteiger partial charge in [-0.2, -0.15) is 0 Å². The van der Waals surface area contributed by atoms with Gasteiger partial charge in [0.1, 0.15) is 0 Å². The van der Waals surface area contributed by atoms with Gasteiger partial charge in [-0.05, 0) is 25.3 Å². The summed E-state index contributed by atoms with van der Waals surface area (Å²) in [5.74, 6) is 0.538. The van der Waals surface area contributed by atoms with Crippen molar-refractivity contribution in [1.29, 1.82) is 0 Å². The lowest BCUT2D eigenvalue weighted by molar-refractivity contribution is -0.129. The van der Waals surface area contributed by atoms with E-state index in [1.54, 1.807) is 19.3 Å². The van der Waals surface area contributed by atoms with E-state index in [2.05, 4.69) is 29.0 Å². The van der Waals surface area contributed by atoms with Gasteiger partial charge in [0, 0.05) is 43.9 Å². The summed E-state index contributed by atoms with van der Waals surface area (Å²) in [6, 6.07) is 8.29. The maximum absolute atomic E-state index is 11.5. The van der Waals surface area contributed by atoms with Crippen molar-refractivity contribution in [3.8, 4) is 11.3 Å². The Labute approximate surface area is 131 Å². The minimum atomic E-state index is 0.164. The first-order valence-electron chi connectivity index (χ1n) is 7.79. The third-order valence-corrected chi connectivity index (χ3v) is 4.45. The molecule has 0 atom stereocenters. The number of carbonyl (C=O) groups is 1. The first-order chi connectivity index (χ1) is 10.7. The van der Waals surface area contributed by atoms with Gasteiger partial charge in [-0.25, -0.2) is 0 Å². The Morgan fingerprint density at radius 1 is 1.14 bits per heavy atom. The van der Waals surface area contributed by atoms with Crippen molar-refractivity contribution in [2.75, 3.05) is 13.1 Å². The molecule has 1 saturated heterocycles. The van der Waals surface area contributed by atoms with Gasteiger partial charge < -0.3 is 4.90 Å². The van der Waals surface area contributed by atoms with Crippen LogP contribution in [0.3, 0.4) is 0 Å². The van der Waals surface area contributed by atoms with Crippen LogP contribution >= 0.6 is 0 Å². The highest BCUT2D eigenvalue weighted by molar-refractivity contribution is 5.73. The predicted molar refractivity (Wildman–Crippen MR) is 86.4 cm³/mol. The summed E-state index contributed by atoms with van der Waals surface area (Å²) in [5, 5.41) is 0. The van der Waals surface area contributed by atoms with E-state index in [0.717, 1.165) is 42.9 Å². The Morgan fingerprint density at radius 3 is 2.50 bits per heavy atom. The number of carbonyl (C=O) groups excluding carboxylic acids is 1. The van der Waals surface area contributed by atoms with Crippen molar-refractivity contribution in [3.05, 3.63) is 47.9 Å². The fourth-order valence-corrected chi connectivity index (χ4v) is 3.16. The second-order valence-electron chi connectivity index (χ2n) is 5.89. The first-order valence-corrected chi connectivity index (χ1v) is 7.79. The Balaban J connectivity index is 1.90. The van der Waals surface area contributed by atoms with Crippen LogP contribution in [0.4, 0.5) is 0 Å². The van der Waals surface area contributed by atoms with Crippen LogP contribution in [0.5, 0.6) is 0 Å². The molecule has 0 unspecified atom stereocenters. The molecular weight excluding hydrogens is 274 g/mol.